The number of ether oxygens (including phenoxy) is 1. The maximum absolute atomic E-state index is 12.7. The van der Waals surface area contributed by atoms with E-state index in [1.54, 1.807) is 30.3 Å². The molecule has 0 atom stereocenters. The lowest BCUT2D eigenvalue weighted by atomic mass is 10.1. The van der Waals surface area contributed by atoms with E-state index in [1.165, 1.54) is 24.3 Å². The third-order valence-corrected chi connectivity index (χ3v) is 2.50. The third-order valence-electron chi connectivity index (χ3n) is 2.50. The molecule has 0 fully saturated rings. The van der Waals surface area contributed by atoms with Gasteiger partial charge in [-0.2, -0.15) is 0 Å². The largest absolute Gasteiger partial charge is 0.455 e. The summed E-state index contributed by atoms with van der Waals surface area (Å²) >= 11 is 0. The molecule has 0 radical (unpaired) electrons. The van der Waals surface area contributed by atoms with Crippen molar-refractivity contribution in [3.8, 4) is 0 Å². The van der Waals surface area contributed by atoms with Crippen LogP contribution < -0.4 is 0 Å². The van der Waals surface area contributed by atoms with Crippen LogP contribution in [0.25, 0.3) is 0 Å². The Morgan fingerprint density at radius 1 is 0.947 bits per heavy atom. The fourth-order valence-corrected chi connectivity index (χ4v) is 1.50. The number of rotatable bonds is 4. The number of benzene rings is 2. The number of carbonyl (C=O) groups is 2. The van der Waals surface area contributed by atoms with Crippen molar-refractivity contribution >= 4 is 11.8 Å². The first kappa shape index (κ1) is 13.0. The summed E-state index contributed by atoms with van der Waals surface area (Å²) < 4.78 is 17.5. The molecule has 96 valence electrons. The van der Waals surface area contributed by atoms with Gasteiger partial charge in [0.2, 0.25) is 0 Å². The van der Waals surface area contributed by atoms with Crippen molar-refractivity contribution in [3.05, 3.63) is 71.5 Å². The van der Waals surface area contributed by atoms with E-state index in [0.717, 1.165) is 0 Å². The van der Waals surface area contributed by atoms with Crippen molar-refractivity contribution in [2.45, 2.75) is 6.61 Å². The molecule has 3 nitrogen and oxygen atoms in total. The monoisotopic (exact) mass is 258 g/mol. The second-order valence-corrected chi connectivity index (χ2v) is 3.90. The molecule has 0 aliphatic carbocycles. The highest BCUT2D eigenvalue weighted by atomic mass is 19.1. The van der Waals surface area contributed by atoms with Crippen LogP contribution in [0.1, 0.15) is 15.9 Å². The maximum Gasteiger partial charge on any atom is 0.380 e. The Hall–Kier alpha value is -2.49. The minimum atomic E-state index is -0.921. The number of carbonyl (C=O) groups excluding carboxylic acids is 2. The molecular weight excluding hydrogens is 247 g/mol. The van der Waals surface area contributed by atoms with Crippen molar-refractivity contribution in [3.63, 3.8) is 0 Å². The van der Waals surface area contributed by atoms with E-state index in [2.05, 4.69) is 0 Å². The van der Waals surface area contributed by atoms with Crippen molar-refractivity contribution < 1.29 is 18.7 Å². The van der Waals surface area contributed by atoms with Crippen LogP contribution in [0.5, 0.6) is 0 Å². The second-order valence-electron chi connectivity index (χ2n) is 3.90. The SMILES string of the molecule is O=C(OCc1ccc(F)cc1)C(=O)c1ccccc1. The normalized spacial score (nSPS) is 9.95. The fourth-order valence-electron chi connectivity index (χ4n) is 1.50. The number of halogens is 1. The van der Waals surface area contributed by atoms with Gasteiger partial charge in [0, 0.05) is 5.56 Å². The quantitative estimate of drug-likeness (QED) is 0.481. The summed E-state index contributed by atoms with van der Waals surface area (Å²) in [6.45, 7) is -0.0579. The molecule has 0 aliphatic heterocycles. The van der Waals surface area contributed by atoms with Crippen LogP contribution in [0, 0.1) is 5.82 Å². The van der Waals surface area contributed by atoms with Crippen molar-refractivity contribution in [2.75, 3.05) is 0 Å². The minimum absolute atomic E-state index is 0.0579. The molecule has 0 bridgehead atoms. The van der Waals surface area contributed by atoms with E-state index >= 15 is 0 Å². The molecule has 0 N–H and O–H groups in total. The van der Waals surface area contributed by atoms with E-state index in [1.807, 2.05) is 0 Å². The number of hydrogen-bond acceptors (Lipinski definition) is 3. The molecule has 0 aliphatic rings. The Kier molecular flexibility index (Phi) is 4.03. The Bertz CT molecular complexity index is 576. The summed E-state index contributed by atoms with van der Waals surface area (Å²) in [5, 5.41) is 0. The average Bonchev–Trinajstić information content (AvgIpc) is 2.46. The van der Waals surface area contributed by atoms with Gasteiger partial charge in [0.1, 0.15) is 12.4 Å². The topological polar surface area (TPSA) is 43.4 Å². The van der Waals surface area contributed by atoms with Gasteiger partial charge in [0.25, 0.3) is 5.78 Å². The van der Waals surface area contributed by atoms with Crippen LogP contribution >= 0.6 is 0 Å². The third kappa shape index (κ3) is 3.48. The molecule has 2 rings (SSSR count). The van der Waals surface area contributed by atoms with Gasteiger partial charge in [-0.15, -0.1) is 0 Å². The van der Waals surface area contributed by atoms with Gasteiger partial charge in [-0.3, -0.25) is 4.79 Å². The predicted octanol–water partition coefficient (Wildman–Crippen LogP) is 2.75. The van der Waals surface area contributed by atoms with Crippen LogP contribution in [0.15, 0.2) is 54.6 Å². The first-order chi connectivity index (χ1) is 9.16. The molecule has 19 heavy (non-hydrogen) atoms. The highest BCUT2D eigenvalue weighted by molar-refractivity contribution is 6.40. The molecule has 0 saturated heterocycles. The molecule has 0 saturated carbocycles. The van der Waals surface area contributed by atoms with Gasteiger partial charge < -0.3 is 4.74 Å². The van der Waals surface area contributed by atoms with Gasteiger partial charge >= 0.3 is 5.97 Å². The zero-order valence-electron chi connectivity index (χ0n) is 10.0. The number of ketones is 1. The first-order valence-corrected chi connectivity index (χ1v) is 5.68. The van der Waals surface area contributed by atoms with Crippen LogP contribution in [0.4, 0.5) is 4.39 Å². The highest BCUT2D eigenvalue weighted by Gasteiger charge is 2.17. The summed E-state index contributed by atoms with van der Waals surface area (Å²) in [4.78, 5) is 23.2. The maximum atomic E-state index is 12.7. The fraction of sp³-hybridized carbons (Fsp3) is 0.0667. The molecule has 4 heteroatoms. The Morgan fingerprint density at radius 3 is 2.21 bits per heavy atom. The van der Waals surface area contributed by atoms with Crippen molar-refractivity contribution in [1.82, 2.24) is 0 Å². The van der Waals surface area contributed by atoms with Gasteiger partial charge in [0.15, 0.2) is 0 Å². The second kappa shape index (κ2) is 5.91. The van der Waals surface area contributed by atoms with Crippen LogP contribution in [0.3, 0.4) is 0 Å². The number of Topliss-reactive ketones (excluding diaryl/α,β-unsaturated/α-hetero) is 1. The average molecular weight is 258 g/mol. The van der Waals surface area contributed by atoms with E-state index in [4.69, 9.17) is 4.74 Å². The molecule has 0 amide bonds. The zero-order valence-corrected chi connectivity index (χ0v) is 10.0. The smallest absolute Gasteiger partial charge is 0.380 e. The lowest BCUT2D eigenvalue weighted by molar-refractivity contribution is -0.139. The lowest BCUT2D eigenvalue weighted by Crippen LogP contribution is -2.17. The molecule has 2 aromatic carbocycles. The molecule has 0 unspecified atom stereocenters. The van der Waals surface area contributed by atoms with Crippen molar-refractivity contribution in [2.24, 2.45) is 0 Å². The van der Waals surface area contributed by atoms with Gasteiger partial charge in [-0.25, -0.2) is 9.18 Å². The molecule has 0 spiro atoms. The molecular formula is C15H11FO3. The van der Waals surface area contributed by atoms with Crippen LogP contribution in [-0.2, 0) is 16.1 Å². The highest BCUT2D eigenvalue weighted by Crippen LogP contribution is 2.06. The van der Waals surface area contributed by atoms with Gasteiger partial charge in [-0.05, 0) is 17.7 Å². The number of hydrogen-bond donors (Lipinski definition) is 0. The predicted molar refractivity (Wildman–Crippen MR) is 67.0 cm³/mol. The van der Waals surface area contributed by atoms with Crippen LogP contribution in [0.2, 0.25) is 0 Å². The molecule has 0 aromatic heterocycles. The summed E-state index contributed by atoms with van der Waals surface area (Å²) in [5.74, 6) is -1.98. The summed E-state index contributed by atoms with van der Waals surface area (Å²) in [7, 11) is 0. The van der Waals surface area contributed by atoms with E-state index in [-0.39, 0.29) is 18.0 Å². The zero-order chi connectivity index (χ0) is 13.7. The molecule has 2 aromatic rings. The van der Waals surface area contributed by atoms with E-state index in [9.17, 15) is 14.0 Å². The summed E-state index contributed by atoms with van der Waals surface area (Å²) in [6, 6.07) is 13.7. The van der Waals surface area contributed by atoms with Gasteiger partial charge in [-0.1, -0.05) is 42.5 Å². The Morgan fingerprint density at radius 2 is 1.58 bits per heavy atom. The molecule has 0 heterocycles. The van der Waals surface area contributed by atoms with Gasteiger partial charge in [0.05, 0.1) is 0 Å². The van der Waals surface area contributed by atoms with E-state index in [0.29, 0.717) is 5.56 Å². The minimum Gasteiger partial charge on any atom is -0.455 e. The first-order valence-electron chi connectivity index (χ1n) is 5.68. The standard InChI is InChI=1S/C15H11FO3/c16-13-8-6-11(7-9-13)10-19-15(18)14(17)12-4-2-1-3-5-12/h1-9H,10H2. The number of esters is 1. The van der Waals surface area contributed by atoms with E-state index < -0.39 is 11.8 Å². The Balaban J connectivity index is 1.95. The van der Waals surface area contributed by atoms with Crippen molar-refractivity contribution in [1.29, 1.82) is 0 Å². The summed E-state index contributed by atoms with van der Waals surface area (Å²) in [5.41, 5.74) is 0.905. The Labute approximate surface area is 109 Å². The van der Waals surface area contributed by atoms with Crippen LogP contribution in [-0.4, -0.2) is 11.8 Å². The lowest BCUT2D eigenvalue weighted by Gasteiger charge is -2.04. The summed E-state index contributed by atoms with van der Waals surface area (Å²) in [6.07, 6.45) is 0.